The smallest absolute Gasteiger partial charge is 0.308 e. The van der Waals surface area contributed by atoms with Crippen molar-refractivity contribution in [2.75, 3.05) is 13.7 Å². The summed E-state index contributed by atoms with van der Waals surface area (Å²) in [5, 5.41) is 9.66. The molecule has 1 amide bonds. The third-order valence-corrected chi connectivity index (χ3v) is 4.28. The molecule has 1 aliphatic heterocycles. The maximum Gasteiger partial charge on any atom is 0.308 e. The number of benzene rings is 1. The molecule has 1 aromatic rings. The van der Waals surface area contributed by atoms with Gasteiger partial charge >= 0.3 is 5.97 Å². The lowest BCUT2D eigenvalue weighted by atomic mass is 9.90. The van der Waals surface area contributed by atoms with Crippen LogP contribution in [0.15, 0.2) is 18.2 Å². The maximum absolute atomic E-state index is 12.6. The van der Waals surface area contributed by atoms with Crippen LogP contribution in [0, 0.1) is 5.92 Å². The zero-order valence-corrected chi connectivity index (χ0v) is 12.8. The summed E-state index contributed by atoms with van der Waals surface area (Å²) < 4.78 is 5.11. The maximum atomic E-state index is 12.6. The van der Waals surface area contributed by atoms with Crippen molar-refractivity contribution in [3.8, 4) is 5.75 Å². The third-order valence-electron chi connectivity index (χ3n) is 3.96. The molecular weight excluding hydrogens is 294 g/mol. The van der Waals surface area contributed by atoms with E-state index in [1.54, 1.807) is 30.0 Å². The van der Waals surface area contributed by atoms with E-state index >= 15 is 0 Å². The summed E-state index contributed by atoms with van der Waals surface area (Å²) >= 11 is 5.95. The first-order valence-corrected chi connectivity index (χ1v) is 7.20. The van der Waals surface area contributed by atoms with Gasteiger partial charge in [0.15, 0.2) is 0 Å². The van der Waals surface area contributed by atoms with Gasteiger partial charge in [0.1, 0.15) is 5.75 Å². The van der Waals surface area contributed by atoms with Crippen LogP contribution in [0.3, 0.4) is 0 Å². The van der Waals surface area contributed by atoms with E-state index < -0.39 is 11.9 Å². The summed E-state index contributed by atoms with van der Waals surface area (Å²) in [7, 11) is 1.49. The number of hydrogen-bond acceptors (Lipinski definition) is 3. The molecular formula is C15H18ClNO4. The number of methoxy groups -OCH3 is 1. The molecule has 114 valence electrons. The van der Waals surface area contributed by atoms with Crippen LogP contribution in [0.1, 0.15) is 30.1 Å². The van der Waals surface area contributed by atoms with Crippen molar-refractivity contribution in [1.82, 2.24) is 4.90 Å². The molecule has 2 atom stereocenters. The van der Waals surface area contributed by atoms with Crippen molar-refractivity contribution >= 4 is 23.5 Å². The second-order valence-corrected chi connectivity index (χ2v) is 5.58. The highest BCUT2D eigenvalue weighted by molar-refractivity contribution is 6.32. The molecule has 1 N–H and O–H groups in total. The molecule has 0 spiro atoms. The van der Waals surface area contributed by atoms with Crippen molar-refractivity contribution in [3.63, 3.8) is 0 Å². The lowest BCUT2D eigenvalue weighted by Gasteiger charge is -2.37. The molecule has 5 nitrogen and oxygen atoms in total. The van der Waals surface area contributed by atoms with Gasteiger partial charge in [-0.25, -0.2) is 0 Å². The Morgan fingerprint density at radius 1 is 1.43 bits per heavy atom. The number of aliphatic carboxylic acids is 1. The van der Waals surface area contributed by atoms with E-state index in [0.717, 1.165) is 0 Å². The monoisotopic (exact) mass is 311 g/mol. The van der Waals surface area contributed by atoms with Gasteiger partial charge in [0, 0.05) is 18.2 Å². The van der Waals surface area contributed by atoms with Crippen LogP contribution in [0.25, 0.3) is 0 Å². The summed E-state index contributed by atoms with van der Waals surface area (Å²) in [6.45, 7) is 2.34. The minimum Gasteiger partial charge on any atom is -0.495 e. The van der Waals surface area contributed by atoms with Gasteiger partial charge in [0.25, 0.3) is 5.91 Å². The van der Waals surface area contributed by atoms with E-state index in [1.165, 1.54) is 7.11 Å². The van der Waals surface area contributed by atoms with E-state index in [-0.39, 0.29) is 11.9 Å². The number of rotatable bonds is 3. The molecule has 0 saturated carbocycles. The van der Waals surface area contributed by atoms with Gasteiger partial charge in [-0.3, -0.25) is 9.59 Å². The lowest BCUT2D eigenvalue weighted by Crippen LogP contribution is -2.49. The molecule has 1 heterocycles. The number of hydrogen-bond donors (Lipinski definition) is 1. The van der Waals surface area contributed by atoms with Gasteiger partial charge in [-0.1, -0.05) is 11.6 Å². The molecule has 2 rings (SSSR count). The molecule has 0 radical (unpaired) electrons. The summed E-state index contributed by atoms with van der Waals surface area (Å²) in [5.74, 6) is -1.13. The Hall–Kier alpha value is -1.75. The van der Waals surface area contributed by atoms with Crippen LogP contribution in [-0.4, -0.2) is 41.6 Å². The average molecular weight is 312 g/mol. The number of likely N-dealkylation sites (tertiary alicyclic amines) is 1. The molecule has 21 heavy (non-hydrogen) atoms. The predicted octanol–water partition coefficient (Wildman–Crippen LogP) is 2.67. The van der Waals surface area contributed by atoms with E-state index in [1.807, 2.05) is 0 Å². The molecule has 0 aromatic heterocycles. The third kappa shape index (κ3) is 3.13. The normalized spacial score (nSPS) is 22.0. The number of halogens is 1. The summed E-state index contributed by atoms with van der Waals surface area (Å²) in [5.41, 5.74) is 0.453. The van der Waals surface area contributed by atoms with Gasteiger partial charge in [0.2, 0.25) is 0 Å². The first-order chi connectivity index (χ1) is 9.95. The topological polar surface area (TPSA) is 66.8 Å². The van der Waals surface area contributed by atoms with E-state index in [2.05, 4.69) is 0 Å². The molecule has 0 aliphatic carbocycles. The molecule has 0 bridgehead atoms. The molecule has 1 aromatic carbocycles. The zero-order chi connectivity index (χ0) is 15.6. The highest BCUT2D eigenvalue weighted by Gasteiger charge is 2.35. The number of ether oxygens (including phenoxy) is 1. The standard InChI is InChI=1S/C15H18ClNO4/c1-9-11(15(19)20)4-3-7-17(9)14(18)10-5-6-12(16)13(8-10)21-2/h5-6,8-9,11H,3-4,7H2,1-2H3,(H,19,20)/t9-,11-/m0/s1. The SMILES string of the molecule is COc1cc(C(=O)N2CCC[C@H](C(=O)O)[C@@H]2C)ccc1Cl. The second-order valence-electron chi connectivity index (χ2n) is 5.18. The Balaban J connectivity index is 2.24. The summed E-state index contributed by atoms with van der Waals surface area (Å²) in [6, 6.07) is 4.49. The second kappa shape index (κ2) is 6.35. The van der Waals surface area contributed by atoms with E-state index in [0.29, 0.717) is 35.7 Å². The van der Waals surface area contributed by atoms with Crippen molar-refractivity contribution in [2.45, 2.75) is 25.8 Å². The van der Waals surface area contributed by atoms with Gasteiger partial charge in [-0.15, -0.1) is 0 Å². The molecule has 0 unspecified atom stereocenters. The van der Waals surface area contributed by atoms with Gasteiger partial charge in [-0.2, -0.15) is 0 Å². The fourth-order valence-electron chi connectivity index (χ4n) is 2.72. The number of carbonyl (C=O) groups excluding carboxylic acids is 1. The molecule has 1 aliphatic rings. The number of piperidine rings is 1. The van der Waals surface area contributed by atoms with Crippen LogP contribution in [-0.2, 0) is 4.79 Å². The van der Waals surface area contributed by atoms with Crippen LogP contribution < -0.4 is 4.74 Å². The molecule has 1 fully saturated rings. The Morgan fingerprint density at radius 3 is 2.76 bits per heavy atom. The van der Waals surface area contributed by atoms with Crippen LogP contribution in [0.5, 0.6) is 5.75 Å². The van der Waals surface area contributed by atoms with Gasteiger partial charge in [0.05, 0.1) is 18.1 Å². The highest BCUT2D eigenvalue weighted by atomic mass is 35.5. The van der Waals surface area contributed by atoms with Crippen molar-refractivity contribution in [1.29, 1.82) is 0 Å². The van der Waals surface area contributed by atoms with E-state index in [9.17, 15) is 14.7 Å². The van der Waals surface area contributed by atoms with Crippen molar-refractivity contribution in [2.24, 2.45) is 5.92 Å². The number of carboxylic acids is 1. The summed E-state index contributed by atoms with van der Waals surface area (Å²) in [6.07, 6.45) is 1.29. The predicted molar refractivity (Wildman–Crippen MR) is 78.9 cm³/mol. The molecule has 1 saturated heterocycles. The van der Waals surface area contributed by atoms with Crippen molar-refractivity contribution < 1.29 is 19.4 Å². The Labute approximate surface area is 128 Å². The largest absolute Gasteiger partial charge is 0.495 e. The van der Waals surface area contributed by atoms with E-state index in [4.69, 9.17) is 16.3 Å². The quantitative estimate of drug-likeness (QED) is 0.932. The number of carbonyl (C=O) groups is 2. The Kier molecular flexibility index (Phi) is 4.73. The highest BCUT2D eigenvalue weighted by Crippen LogP contribution is 2.29. The van der Waals surface area contributed by atoms with Gasteiger partial charge in [-0.05, 0) is 38.0 Å². The molecule has 6 heteroatoms. The fourth-order valence-corrected chi connectivity index (χ4v) is 2.91. The Morgan fingerprint density at radius 2 is 2.14 bits per heavy atom. The van der Waals surface area contributed by atoms with Gasteiger partial charge < -0.3 is 14.7 Å². The lowest BCUT2D eigenvalue weighted by molar-refractivity contribution is -0.144. The minimum atomic E-state index is -0.853. The first-order valence-electron chi connectivity index (χ1n) is 6.83. The average Bonchev–Trinajstić information content (AvgIpc) is 2.47. The number of carboxylic acid groups (broad SMARTS) is 1. The van der Waals surface area contributed by atoms with Crippen molar-refractivity contribution in [3.05, 3.63) is 28.8 Å². The Bertz CT molecular complexity index is 561. The van der Waals surface area contributed by atoms with Crippen LogP contribution in [0.2, 0.25) is 5.02 Å². The summed E-state index contributed by atoms with van der Waals surface area (Å²) in [4.78, 5) is 25.4. The fraction of sp³-hybridized carbons (Fsp3) is 0.467. The number of amides is 1. The van der Waals surface area contributed by atoms with Crippen LogP contribution >= 0.6 is 11.6 Å². The number of nitrogens with zero attached hydrogens (tertiary/aromatic N) is 1. The first kappa shape index (κ1) is 15.6. The van der Waals surface area contributed by atoms with Crippen LogP contribution in [0.4, 0.5) is 0 Å². The minimum absolute atomic E-state index is 0.191. The zero-order valence-electron chi connectivity index (χ0n) is 12.0.